The van der Waals surface area contributed by atoms with Gasteiger partial charge in [0.25, 0.3) is 0 Å². The Bertz CT molecular complexity index is 839. The quantitative estimate of drug-likeness (QED) is 0.236. The molecule has 2 rings (SSSR count). The standard InChI is InChI=1S/C21H31N3O7S/c1-5-6-12-29-17(27)21(10-8-7-9-11-21)31-24-15(16(25)26)14-13-32-18(22-14)23-19(28)30-20(2,3)4/h13H,5-12H2,1-4H3,(H,25,26)(H,22,23,28)/b24-15-. The summed E-state index contributed by atoms with van der Waals surface area (Å²) in [6.07, 6.45) is 4.16. The number of rotatable bonds is 9. The molecule has 1 amide bonds. The van der Waals surface area contributed by atoms with Gasteiger partial charge in [0.15, 0.2) is 5.13 Å². The fraction of sp³-hybridized carbons (Fsp3) is 0.667. The number of amides is 1. The molecular formula is C21H31N3O7S. The molecule has 32 heavy (non-hydrogen) atoms. The van der Waals surface area contributed by atoms with Crippen molar-refractivity contribution in [2.45, 2.75) is 83.8 Å². The lowest BCUT2D eigenvalue weighted by atomic mass is 9.85. The maximum Gasteiger partial charge on any atom is 0.413 e. The van der Waals surface area contributed by atoms with Crippen molar-refractivity contribution in [3.05, 3.63) is 11.1 Å². The summed E-state index contributed by atoms with van der Waals surface area (Å²) in [5, 5.41) is 17.5. The highest BCUT2D eigenvalue weighted by Gasteiger charge is 2.44. The van der Waals surface area contributed by atoms with Crippen molar-refractivity contribution in [1.29, 1.82) is 0 Å². The van der Waals surface area contributed by atoms with Crippen LogP contribution in [0.1, 0.15) is 78.3 Å². The first-order chi connectivity index (χ1) is 15.1. The molecule has 0 bridgehead atoms. The molecule has 1 aliphatic rings. The molecule has 1 aromatic rings. The van der Waals surface area contributed by atoms with Gasteiger partial charge in [-0.25, -0.2) is 19.4 Å². The Morgan fingerprint density at radius 1 is 1.25 bits per heavy atom. The monoisotopic (exact) mass is 469 g/mol. The first-order valence-electron chi connectivity index (χ1n) is 10.7. The fourth-order valence-electron chi connectivity index (χ4n) is 3.06. The lowest BCUT2D eigenvalue weighted by Gasteiger charge is -2.32. The fourth-order valence-corrected chi connectivity index (χ4v) is 3.74. The van der Waals surface area contributed by atoms with Crippen molar-refractivity contribution in [1.82, 2.24) is 4.98 Å². The first-order valence-corrected chi connectivity index (χ1v) is 11.6. The third kappa shape index (κ3) is 7.47. The molecule has 0 aromatic carbocycles. The van der Waals surface area contributed by atoms with E-state index in [9.17, 15) is 19.5 Å². The van der Waals surface area contributed by atoms with Crippen LogP contribution in [-0.4, -0.2) is 51.6 Å². The number of nitrogens with one attached hydrogen (secondary N) is 1. The highest BCUT2D eigenvalue weighted by atomic mass is 32.1. The van der Waals surface area contributed by atoms with E-state index in [1.807, 2.05) is 6.92 Å². The summed E-state index contributed by atoms with van der Waals surface area (Å²) in [7, 11) is 0. The van der Waals surface area contributed by atoms with Gasteiger partial charge in [0.2, 0.25) is 11.3 Å². The molecule has 1 aromatic heterocycles. The van der Waals surface area contributed by atoms with Gasteiger partial charge in [0.05, 0.1) is 6.61 Å². The third-order valence-corrected chi connectivity index (χ3v) is 5.39. The molecule has 0 saturated heterocycles. The molecule has 178 valence electrons. The molecule has 0 atom stereocenters. The molecular weight excluding hydrogens is 438 g/mol. The van der Waals surface area contributed by atoms with Gasteiger partial charge in [-0.05, 0) is 40.0 Å². The average Bonchev–Trinajstić information content (AvgIpc) is 3.15. The van der Waals surface area contributed by atoms with Gasteiger partial charge in [-0.15, -0.1) is 11.3 Å². The summed E-state index contributed by atoms with van der Waals surface area (Å²) < 4.78 is 10.5. The smallest absolute Gasteiger partial charge is 0.413 e. The molecule has 10 nitrogen and oxygen atoms in total. The second-order valence-corrected chi connectivity index (χ2v) is 9.40. The Kier molecular flexibility index (Phi) is 8.99. The summed E-state index contributed by atoms with van der Waals surface area (Å²) in [5.41, 5.74) is -2.46. The number of aromatic nitrogens is 1. The van der Waals surface area contributed by atoms with Crippen LogP contribution in [0.5, 0.6) is 0 Å². The Morgan fingerprint density at radius 2 is 1.94 bits per heavy atom. The third-order valence-electron chi connectivity index (χ3n) is 4.63. The number of carboxylic acid groups (broad SMARTS) is 1. The van der Waals surface area contributed by atoms with E-state index in [2.05, 4.69) is 15.5 Å². The minimum Gasteiger partial charge on any atom is -0.476 e. The van der Waals surface area contributed by atoms with Crippen LogP contribution in [-0.2, 0) is 23.9 Å². The first kappa shape index (κ1) is 25.6. The van der Waals surface area contributed by atoms with E-state index in [1.165, 1.54) is 5.38 Å². The molecule has 1 aliphatic carbocycles. The largest absolute Gasteiger partial charge is 0.476 e. The number of nitrogens with zero attached hydrogens (tertiary/aromatic N) is 2. The number of unbranched alkanes of at least 4 members (excludes halogenated alkanes) is 1. The summed E-state index contributed by atoms with van der Waals surface area (Å²) in [6, 6.07) is 0. The van der Waals surface area contributed by atoms with Gasteiger partial charge in [0, 0.05) is 18.2 Å². The summed E-state index contributed by atoms with van der Waals surface area (Å²) in [6.45, 7) is 7.44. The number of ether oxygens (including phenoxy) is 2. The van der Waals surface area contributed by atoms with Crippen molar-refractivity contribution in [2.75, 3.05) is 11.9 Å². The number of oxime groups is 1. The molecule has 11 heteroatoms. The maximum absolute atomic E-state index is 12.7. The summed E-state index contributed by atoms with van der Waals surface area (Å²) >= 11 is 1.02. The van der Waals surface area contributed by atoms with Gasteiger partial charge in [0.1, 0.15) is 11.3 Å². The molecule has 0 aliphatic heterocycles. The van der Waals surface area contributed by atoms with Crippen molar-refractivity contribution in [3.8, 4) is 0 Å². The number of hydrogen-bond donors (Lipinski definition) is 2. The predicted molar refractivity (Wildman–Crippen MR) is 119 cm³/mol. The Morgan fingerprint density at radius 3 is 2.53 bits per heavy atom. The molecule has 0 unspecified atom stereocenters. The van der Waals surface area contributed by atoms with Gasteiger partial charge < -0.3 is 19.4 Å². The van der Waals surface area contributed by atoms with E-state index in [1.54, 1.807) is 20.8 Å². The van der Waals surface area contributed by atoms with Crippen molar-refractivity contribution >= 4 is 40.2 Å². The lowest BCUT2D eigenvalue weighted by molar-refractivity contribution is -0.178. The van der Waals surface area contributed by atoms with Crippen LogP contribution in [0.2, 0.25) is 0 Å². The number of carboxylic acids is 1. The van der Waals surface area contributed by atoms with Crippen LogP contribution in [0.3, 0.4) is 0 Å². The zero-order valence-electron chi connectivity index (χ0n) is 18.9. The second kappa shape index (κ2) is 11.3. The molecule has 2 N–H and O–H groups in total. The van der Waals surface area contributed by atoms with Gasteiger partial charge in [-0.3, -0.25) is 5.32 Å². The number of anilines is 1. The number of thiazole rings is 1. The number of hydrogen-bond acceptors (Lipinski definition) is 9. The Hall–Kier alpha value is -2.69. The molecule has 1 fully saturated rings. The Labute approximate surface area is 191 Å². The average molecular weight is 470 g/mol. The van der Waals surface area contributed by atoms with E-state index in [0.717, 1.165) is 43.4 Å². The minimum absolute atomic E-state index is 0.00105. The van der Waals surface area contributed by atoms with Crippen LogP contribution in [0.25, 0.3) is 0 Å². The van der Waals surface area contributed by atoms with Crippen molar-refractivity contribution in [2.24, 2.45) is 5.16 Å². The number of esters is 1. The number of carbonyl (C=O) groups is 3. The zero-order chi connectivity index (χ0) is 23.8. The van der Waals surface area contributed by atoms with E-state index < -0.39 is 34.9 Å². The topological polar surface area (TPSA) is 136 Å². The molecule has 1 heterocycles. The van der Waals surface area contributed by atoms with Crippen LogP contribution in [0.4, 0.5) is 9.93 Å². The maximum atomic E-state index is 12.7. The van der Waals surface area contributed by atoms with Gasteiger partial charge in [-0.1, -0.05) is 24.9 Å². The van der Waals surface area contributed by atoms with Crippen LogP contribution in [0.15, 0.2) is 10.5 Å². The zero-order valence-corrected chi connectivity index (χ0v) is 19.8. The predicted octanol–water partition coefficient (Wildman–Crippen LogP) is 4.34. The number of aliphatic carboxylic acids is 1. The molecule has 0 spiro atoms. The van der Waals surface area contributed by atoms with Crippen LogP contribution >= 0.6 is 11.3 Å². The van der Waals surface area contributed by atoms with Crippen molar-refractivity contribution in [3.63, 3.8) is 0 Å². The van der Waals surface area contributed by atoms with Crippen molar-refractivity contribution < 1.29 is 33.8 Å². The van der Waals surface area contributed by atoms with E-state index >= 15 is 0 Å². The van der Waals surface area contributed by atoms with Crippen LogP contribution in [0, 0.1) is 0 Å². The summed E-state index contributed by atoms with van der Waals surface area (Å²) in [4.78, 5) is 46.1. The van der Waals surface area contributed by atoms with Gasteiger partial charge in [-0.2, -0.15) is 0 Å². The van der Waals surface area contributed by atoms with Crippen LogP contribution < -0.4 is 5.32 Å². The molecule has 0 radical (unpaired) electrons. The highest BCUT2D eigenvalue weighted by molar-refractivity contribution is 7.14. The number of carbonyl (C=O) groups excluding carboxylic acids is 2. The van der Waals surface area contributed by atoms with E-state index in [0.29, 0.717) is 12.8 Å². The second-order valence-electron chi connectivity index (χ2n) is 8.55. The van der Waals surface area contributed by atoms with E-state index in [4.69, 9.17) is 14.3 Å². The van der Waals surface area contributed by atoms with E-state index in [-0.39, 0.29) is 17.4 Å². The minimum atomic E-state index is -1.37. The summed E-state index contributed by atoms with van der Waals surface area (Å²) in [5.74, 6) is -1.89. The highest BCUT2D eigenvalue weighted by Crippen LogP contribution is 2.33. The van der Waals surface area contributed by atoms with Gasteiger partial charge >= 0.3 is 18.0 Å². The SMILES string of the molecule is CCCCOC(=O)C1(O/N=C(\C(=O)O)c2csc(NC(=O)OC(C)(C)C)n2)CCCCC1. The molecule has 1 saturated carbocycles. The lowest BCUT2D eigenvalue weighted by Crippen LogP contribution is -2.44. The normalized spacial score (nSPS) is 16.2. The Balaban J connectivity index is 2.17.